The van der Waals surface area contributed by atoms with Crippen molar-refractivity contribution >= 4 is 0 Å². The van der Waals surface area contributed by atoms with Crippen LogP contribution in [-0.2, 0) is 0 Å². The van der Waals surface area contributed by atoms with Crippen molar-refractivity contribution in [1.82, 2.24) is 0 Å². The van der Waals surface area contributed by atoms with Gasteiger partial charge in [-0.2, -0.15) is 0 Å². The summed E-state index contributed by atoms with van der Waals surface area (Å²) in [5.74, 6) is 0.736. The molecule has 1 rings (SSSR count). The van der Waals surface area contributed by atoms with Gasteiger partial charge >= 0.3 is 0 Å². The fourth-order valence-electron chi connectivity index (χ4n) is 0.541. The number of rotatable bonds is 1. The maximum atomic E-state index is 8.71. The summed E-state index contributed by atoms with van der Waals surface area (Å²) in [5.41, 5.74) is 0. The van der Waals surface area contributed by atoms with Crippen molar-refractivity contribution in [2.75, 3.05) is 7.11 Å². The number of nitrogens with zero attached hydrogens (tertiary/aromatic N) is 1. The van der Waals surface area contributed by atoms with Crippen LogP contribution in [0, 0.1) is 0 Å². The van der Waals surface area contributed by atoms with Gasteiger partial charge in [0.2, 0.25) is 12.4 Å². The van der Waals surface area contributed by atoms with Crippen LogP contribution in [0.5, 0.6) is 5.75 Å². The maximum absolute atomic E-state index is 8.71. The number of methoxy groups -OCH3 is 1. The van der Waals surface area contributed by atoms with Crippen molar-refractivity contribution < 1.29 is 14.7 Å². The molecule has 0 saturated heterocycles. The maximum Gasteiger partial charge on any atom is 0.225 e. The summed E-state index contributed by atoms with van der Waals surface area (Å²) in [6.45, 7) is 0. The third-order valence-electron chi connectivity index (χ3n) is 1.02. The van der Waals surface area contributed by atoms with E-state index >= 15 is 0 Å². The van der Waals surface area contributed by atoms with E-state index in [1.807, 2.05) is 0 Å². The van der Waals surface area contributed by atoms with Crippen LogP contribution in [0.4, 0.5) is 0 Å². The zero-order chi connectivity index (χ0) is 6.69. The van der Waals surface area contributed by atoms with E-state index in [0.717, 1.165) is 10.5 Å². The normalized spacial score (nSPS) is 9.00. The lowest BCUT2D eigenvalue weighted by atomic mass is 10.5. The van der Waals surface area contributed by atoms with Gasteiger partial charge in [0, 0.05) is 16.9 Å². The minimum Gasteiger partial charge on any atom is -0.496 e. The van der Waals surface area contributed by atoms with Gasteiger partial charge in [-0.15, -0.1) is 0 Å². The Morgan fingerprint density at radius 2 is 2.00 bits per heavy atom. The molecule has 0 fully saturated rings. The summed E-state index contributed by atoms with van der Waals surface area (Å²) in [6, 6.07) is 3.33. The fraction of sp³-hybridized carbons (Fsp3) is 0.167. The predicted octanol–water partition coefficient (Wildman–Crippen LogP) is 0.220. The lowest BCUT2D eigenvalue weighted by molar-refractivity contribution is -0.904. The van der Waals surface area contributed by atoms with Crippen LogP contribution in [0.25, 0.3) is 0 Å². The largest absolute Gasteiger partial charge is 0.496 e. The predicted molar refractivity (Wildman–Crippen MR) is 30.4 cm³/mol. The van der Waals surface area contributed by atoms with Crippen molar-refractivity contribution in [2.45, 2.75) is 0 Å². The second kappa shape index (κ2) is 2.35. The molecule has 48 valence electrons. The fourth-order valence-corrected chi connectivity index (χ4v) is 0.541. The van der Waals surface area contributed by atoms with E-state index in [-0.39, 0.29) is 0 Å². The molecule has 1 N–H and O–H groups in total. The van der Waals surface area contributed by atoms with Crippen molar-refractivity contribution in [1.29, 1.82) is 0 Å². The van der Waals surface area contributed by atoms with Gasteiger partial charge in [-0.1, -0.05) is 0 Å². The molecule has 0 amide bonds. The molecule has 1 heterocycles. The van der Waals surface area contributed by atoms with Gasteiger partial charge in [0.1, 0.15) is 5.75 Å². The molecule has 0 atom stereocenters. The average Bonchev–Trinajstić information content (AvgIpc) is 1.90. The van der Waals surface area contributed by atoms with Crippen LogP contribution in [0.3, 0.4) is 0 Å². The molecule has 0 unspecified atom stereocenters. The topological polar surface area (TPSA) is 33.3 Å². The third kappa shape index (κ3) is 1.32. The van der Waals surface area contributed by atoms with Crippen molar-refractivity contribution in [3.63, 3.8) is 0 Å². The summed E-state index contributed by atoms with van der Waals surface area (Å²) < 4.78 is 5.81. The molecular weight excluding hydrogens is 118 g/mol. The molecule has 0 saturated carbocycles. The molecule has 0 aliphatic carbocycles. The first kappa shape index (κ1) is 5.88. The van der Waals surface area contributed by atoms with Crippen LogP contribution >= 0.6 is 0 Å². The van der Waals surface area contributed by atoms with E-state index in [1.165, 1.54) is 12.4 Å². The lowest BCUT2D eigenvalue weighted by Gasteiger charge is -1.92. The van der Waals surface area contributed by atoms with Crippen molar-refractivity contribution in [3.05, 3.63) is 24.5 Å². The average molecular weight is 126 g/mol. The highest BCUT2D eigenvalue weighted by molar-refractivity contribution is 5.13. The highest BCUT2D eigenvalue weighted by atomic mass is 16.5. The zero-order valence-corrected chi connectivity index (χ0v) is 5.11. The molecule has 0 aliphatic heterocycles. The van der Waals surface area contributed by atoms with Crippen molar-refractivity contribution in [2.24, 2.45) is 0 Å². The Kier molecular flexibility index (Phi) is 1.53. The minimum atomic E-state index is 0.736. The molecule has 9 heavy (non-hydrogen) atoms. The Morgan fingerprint density at radius 3 is 2.44 bits per heavy atom. The standard InChI is InChI=1S/C6H8NO2/c1-9-6-2-4-7(8)5-3-6/h2-5,8H,1H3/q+1. The number of ether oxygens (including phenoxy) is 1. The molecule has 0 aromatic carbocycles. The van der Waals surface area contributed by atoms with Gasteiger partial charge in [0.15, 0.2) is 0 Å². The van der Waals surface area contributed by atoms with Gasteiger partial charge in [0.25, 0.3) is 0 Å². The summed E-state index contributed by atoms with van der Waals surface area (Å²) in [4.78, 5) is 0. The molecule has 0 bridgehead atoms. The monoisotopic (exact) mass is 126 g/mol. The van der Waals surface area contributed by atoms with E-state index in [9.17, 15) is 0 Å². The summed E-state index contributed by atoms with van der Waals surface area (Å²) in [6.07, 6.45) is 3.00. The molecular formula is C6H8NO2+. The van der Waals surface area contributed by atoms with Gasteiger partial charge < -0.3 is 4.74 Å². The number of hydrogen-bond acceptors (Lipinski definition) is 2. The third-order valence-corrected chi connectivity index (χ3v) is 1.02. The molecule has 0 aliphatic rings. The van der Waals surface area contributed by atoms with E-state index in [2.05, 4.69) is 0 Å². The van der Waals surface area contributed by atoms with Gasteiger partial charge in [-0.05, 0) is 0 Å². The van der Waals surface area contributed by atoms with Crippen LogP contribution in [0.15, 0.2) is 24.5 Å². The van der Waals surface area contributed by atoms with E-state index in [0.29, 0.717) is 0 Å². The summed E-state index contributed by atoms with van der Waals surface area (Å²) >= 11 is 0. The van der Waals surface area contributed by atoms with Gasteiger partial charge in [-0.25, -0.2) is 0 Å². The Morgan fingerprint density at radius 1 is 1.44 bits per heavy atom. The lowest BCUT2D eigenvalue weighted by Crippen LogP contribution is -2.27. The smallest absolute Gasteiger partial charge is 0.225 e. The minimum absolute atomic E-state index is 0.736. The van der Waals surface area contributed by atoms with E-state index in [1.54, 1.807) is 19.2 Å². The Balaban J connectivity index is 2.88. The van der Waals surface area contributed by atoms with Crippen LogP contribution in [0.1, 0.15) is 0 Å². The number of aromatic nitrogens is 1. The first-order chi connectivity index (χ1) is 4.33. The molecule has 3 heteroatoms. The Hall–Kier alpha value is -1.25. The second-order valence-electron chi connectivity index (χ2n) is 1.62. The first-order valence-electron chi connectivity index (χ1n) is 2.57. The zero-order valence-electron chi connectivity index (χ0n) is 5.11. The number of pyridine rings is 1. The van der Waals surface area contributed by atoms with Crippen LogP contribution in [0.2, 0.25) is 0 Å². The van der Waals surface area contributed by atoms with Crippen LogP contribution in [-0.4, -0.2) is 12.3 Å². The second-order valence-corrected chi connectivity index (χ2v) is 1.62. The molecule has 0 radical (unpaired) electrons. The highest BCUT2D eigenvalue weighted by Gasteiger charge is 1.94. The molecule has 1 aromatic rings. The first-order valence-corrected chi connectivity index (χ1v) is 2.57. The van der Waals surface area contributed by atoms with Gasteiger partial charge in [0.05, 0.1) is 7.11 Å². The molecule has 3 nitrogen and oxygen atoms in total. The number of hydrogen-bond donors (Lipinski definition) is 1. The van der Waals surface area contributed by atoms with E-state index in [4.69, 9.17) is 9.94 Å². The Bertz CT molecular complexity index is 183. The van der Waals surface area contributed by atoms with Crippen LogP contribution < -0.4 is 9.47 Å². The van der Waals surface area contributed by atoms with Crippen molar-refractivity contribution in [3.8, 4) is 5.75 Å². The molecule has 1 aromatic heterocycles. The summed E-state index contributed by atoms with van der Waals surface area (Å²) in [5, 5.41) is 8.71. The van der Waals surface area contributed by atoms with Gasteiger partial charge in [-0.3, -0.25) is 5.21 Å². The summed E-state index contributed by atoms with van der Waals surface area (Å²) in [7, 11) is 1.58. The quantitative estimate of drug-likeness (QED) is 0.431. The van der Waals surface area contributed by atoms with E-state index < -0.39 is 0 Å². The molecule has 0 spiro atoms. The highest BCUT2D eigenvalue weighted by Crippen LogP contribution is 2.02. The Labute approximate surface area is 53.1 Å². The SMILES string of the molecule is COc1cc[n+](O)cc1.